The van der Waals surface area contributed by atoms with Crippen molar-refractivity contribution in [2.45, 2.75) is 6.04 Å². The van der Waals surface area contributed by atoms with Crippen molar-refractivity contribution in [3.63, 3.8) is 0 Å². The topological polar surface area (TPSA) is 46.8 Å². The molecule has 1 aliphatic heterocycles. The third kappa shape index (κ3) is 0.741. The number of likely N-dealkylation sites (tertiary alicyclic amines) is 1. The van der Waals surface area contributed by atoms with Crippen LogP contribution in [0.15, 0.2) is 6.33 Å². The second-order valence-corrected chi connectivity index (χ2v) is 3.83. The van der Waals surface area contributed by atoms with Crippen LogP contribution < -0.4 is 0 Å². The molecule has 0 aromatic carbocycles. The van der Waals surface area contributed by atoms with Crippen molar-refractivity contribution in [1.29, 1.82) is 0 Å². The zero-order valence-electron chi connectivity index (χ0n) is 6.96. The van der Waals surface area contributed by atoms with Crippen LogP contribution in [0.25, 0.3) is 0 Å². The molecule has 1 saturated carbocycles. The number of hydrogen-bond donors (Lipinski definition) is 0. The molecule has 0 bridgehead atoms. The molecule has 3 rings (SSSR count). The van der Waals surface area contributed by atoms with Crippen LogP contribution in [0.2, 0.25) is 0 Å². The smallest absolute Gasteiger partial charge is 0.138 e. The van der Waals surface area contributed by atoms with Gasteiger partial charge in [-0.2, -0.15) is 0 Å². The van der Waals surface area contributed by atoms with Crippen molar-refractivity contribution >= 4 is 0 Å². The Hall–Kier alpha value is -0.970. The minimum absolute atomic E-state index is 0.594. The van der Waals surface area contributed by atoms with Crippen LogP contribution in [0.5, 0.6) is 0 Å². The molecule has 12 heavy (non-hydrogen) atoms. The first kappa shape index (κ1) is 6.54. The summed E-state index contributed by atoms with van der Waals surface area (Å²) in [6, 6.07) is 0.594. The number of aromatic nitrogens is 4. The summed E-state index contributed by atoms with van der Waals surface area (Å²) < 4.78 is 1.91. The first-order valence-electron chi connectivity index (χ1n) is 4.27. The lowest BCUT2D eigenvalue weighted by Crippen LogP contribution is -2.20. The Balaban J connectivity index is 1.78. The molecular weight excluding hydrogens is 154 g/mol. The van der Waals surface area contributed by atoms with E-state index in [0.29, 0.717) is 6.04 Å². The van der Waals surface area contributed by atoms with Gasteiger partial charge in [0.05, 0.1) is 6.04 Å². The molecule has 1 saturated heterocycles. The molecule has 0 spiro atoms. The van der Waals surface area contributed by atoms with E-state index in [-0.39, 0.29) is 0 Å². The Morgan fingerprint density at radius 1 is 1.33 bits per heavy atom. The normalized spacial score (nSPS) is 39.9. The van der Waals surface area contributed by atoms with Crippen molar-refractivity contribution in [3.05, 3.63) is 6.33 Å². The minimum Gasteiger partial charge on any atom is -0.306 e. The molecule has 64 valence electrons. The molecule has 2 heterocycles. The van der Waals surface area contributed by atoms with Gasteiger partial charge in [0.25, 0.3) is 0 Å². The first-order chi connectivity index (χ1) is 5.86. The minimum atomic E-state index is 0.594. The van der Waals surface area contributed by atoms with Crippen LogP contribution in [-0.4, -0.2) is 45.2 Å². The number of hydrogen-bond acceptors (Lipinski definition) is 4. The van der Waals surface area contributed by atoms with Crippen molar-refractivity contribution in [1.82, 2.24) is 25.1 Å². The lowest BCUT2D eigenvalue weighted by atomic mass is 10.4. The van der Waals surface area contributed by atoms with Crippen LogP contribution in [0.3, 0.4) is 0 Å². The number of nitrogens with zero attached hydrogens (tertiary/aromatic N) is 5. The number of tetrazole rings is 1. The fourth-order valence-corrected chi connectivity index (χ4v) is 2.40. The summed E-state index contributed by atoms with van der Waals surface area (Å²) in [6.45, 7) is 2.41. The van der Waals surface area contributed by atoms with Crippen LogP contribution in [0.4, 0.5) is 0 Å². The summed E-state index contributed by atoms with van der Waals surface area (Å²) in [5.41, 5.74) is 0. The van der Waals surface area contributed by atoms with Gasteiger partial charge >= 0.3 is 0 Å². The standard InChI is InChI=1S/C7H11N5/c1-11-2-5-6(3-11)7(5)12-4-8-9-10-12/h4-7H,2-3H2,1H3/t5-,6+,7?. The highest BCUT2D eigenvalue weighted by Crippen LogP contribution is 2.54. The van der Waals surface area contributed by atoms with Gasteiger partial charge in [0.2, 0.25) is 0 Å². The summed E-state index contributed by atoms with van der Waals surface area (Å²) in [5.74, 6) is 1.61. The lowest BCUT2D eigenvalue weighted by Gasteiger charge is -2.11. The predicted molar refractivity (Wildman–Crippen MR) is 41.3 cm³/mol. The molecule has 5 heteroatoms. The Bertz CT molecular complexity index is 270. The van der Waals surface area contributed by atoms with Crippen LogP contribution in [0.1, 0.15) is 6.04 Å². The van der Waals surface area contributed by atoms with Gasteiger partial charge in [-0.05, 0) is 17.5 Å². The molecule has 2 aliphatic rings. The average molecular weight is 165 g/mol. The van der Waals surface area contributed by atoms with E-state index in [1.807, 2.05) is 4.68 Å². The Kier molecular flexibility index (Phi) is 1.11. The van der Waals surface area contributed by atoms with Gasteiger partial charge in [-0.1, -0.05) is 0 Å². The number of fused-ring (bicyclic) bond motifs is 1. The number of rotatable bonds is 1. The molecule has 0 amide bonds. The van der Waals surface area contributed by atoms with Crippen LogP contribution in [0, 0.1) is 11.8 Å². The Morgan fingerprint density at radius 2 is 2.08 bits per heavy atom. The molecule has 1 aliphatic carbocycles. The molecule has 5 nitrogen and oxygen atoms in total. The monoisotopic (exact) mass is 165 g/mol. The summed E-state index contributed by atoms with van der Waals surface area (Å²) in [5, 5.41) is 11.2. The van der Waals surface area contributed by atoms with E-state index in [9.17, 15) is 0 Å². The SMILES string of the molecule is CN1C[C@@H]2C(n3cnnn3)[C@@H]2C1. The van der Waals surface area contributed by atoms with Gasteiger partial charge in [0.1, 0.15) is 6.33 Å². The molecule has 2 fully saturated rings. The Morgan fingerprint density at radius 3 is 2.67 bits per heavy atom. The van der Waals surface area contributed by atoms with Gasteiger partial charge in [-0.25, -0.2) is 4.68 Å². The summed E-state index contributed by atoms with van der Waals surface area (Å²) >= 11 is 0. The largest absolute Gasteiger partial charge is 0.306 e. The molecule has 0 radical (unpaired) electrons. The lowest BCUT2D eigenvalue weighted by molar-refractivity contribution is 0.334. The molecule has 1 aromatic rings. The highest BCUT2D eigenvalue weighted by atomic mass is 15.5. The van der Waals surface area contributed by atoms with Crippen molar-refractivity contribution < 1.29 is 0 Å². The summed E-state index contributed by atoms with van der Waals surface area (Å²) in [4.78, 5) is 2.37. The van der Waals surface area contributed by atoms with Crippen LogP contribution in [-0.2, 0) is 0 Å². The van der Waals surface area contributed by atoms with Gasteiger partial charge in [0, 0.05) is 24.9 Å². The van der Waals surface area contributed by atoms with Crippen molar-refractivity contribution in [3.8, 4) is 0 Å². The highest BCUT2D eigenvalue weighted by molar-refractivity contribution is 5.06. The molecule has 1 unspecified atom stereocenters. The second kappa shape index (κ2) is 2.04. The number of piperidine rings is 1. The van der Waals surface area contributed by atoms with Crippen LogP contribution >= 0.6 is 0 Å². The maximum atomic E-state index is 3.92. The third-order valence-corrected chi connectivity index (χ3v) is 3.00. The van der Waals surface area contributed by atoms with Crippen molar-refractivity contribution in [2.75, 3.05) is 20.1 Å². The predicted octanol–water partition coefficient (Wildman–Crippen LogP) is -0.594. The van der Waals surface area contributed by atoms with E-state index in [4.69, 9.17) is 0 Å². The second-order valence-electron chi connectivity index (χ2n) is 3.83. The summed E-state index contributed by atoms with van der Waals surface area (Å²) in [6.07, 6.45) is 1.73. The highest BCUT2D eigenvalue weighted by Gasteiger charge is 2.56. The van der Waals surface area contributed by atoms with Gasteiger partial charge in [-0.3, -0.25) is 0 Å². The van der Waals surface area contributed by atoms with E-state index in [1.54, 1.807) is 6.33 Å². The van der Waals surface area contributed by atoms with E-state index < -0.39 is 0 Å². The fourth-order valence-electron chi connectivity index (χ4n) is 2.40. The van der Waals surface area contributed by atoms with E-state index in [1.165, 1.54) is 13.1 Å². The zero-order chi connectivity index (χ0) is 8.13. The maximum Gasteiger partial charge on any atom is 0.138 e. The Labute approximate surface area is 70.4 Å². The molecule has 3 atom stereocenters. The molecule has 0 N–H and O–H groups in total. The van der Waals surface area contributed by atoms with E-state index in [2.05, 4.69) is 27.5 Å². The van der Waals surface area contributed by atoms with E-state index >= 15 is 0 Å². The summed E-state index contributed by atoms with van der Waals surface area (Å²) in [7, 11) is 2.17. The van der Waals surface area contributed by atoms with E-state index in [0.717, 1.165) is 11.8 Å². The average Bonchev–Trinajstić information content (AvgIpc) is 2.58. The van der Waals surface area contributed by atoms with Gasteiger partial charge < -0.3 is 4.90 Å². The maximum absolute atomic E-state index is 3.92. The first-order valence-corrected chi connectivity index (χ1v) is 4.27. The zero-order valence-corrected chi connectivity index (χ0v) is 6.96. The quantitative estimate of drug-likeness (QED) is 0.558. The fraction of sp³-hybridized carbons (Fsp3) is 0.857. The molecule has 1 aromatic heterocycles. The van der Waals surface area contributed by atoms with Crippen molar-refractivity contribution in [2.24, 2.45) is 11.8 Å². The molecular formula is C7H11N5. The van der Waals surface area contributed by atoms with Gasteiger partial charge in [0.15, 0.2) is 0 Å². The third-order valence-electron chi connectivity index (χ3n) is 3.00. The van der Waals surface area contributed by atoms with Gasteiger partial charge in [-0.15, -0.1) is 5.10 Å².